The van der Waals surface area contributed by atoms with Gasteiger partial charge in [-0.25, -0.2) is 9.97 Å². The van der Waals surface area contributed by atoms with E-state index in [2.05, 4.69) is 20.3 Å². The molecule has 3 N–H and O–H groups in total. The van der Waals surface area contributed by atoms with E-state index in [4.69, 9.17) is 0 Å². The molecule has 0 radical (unpaired) electrons. The Morgan fingerprint density at radius 1 is 1.07 bits per heavy atom. The molecular weight excluding hydrogens is 385 g/mol. The highest BCUT2D eigenvalue weighted by molar-refractivity contribution is 5.71. The van der Waals surface area contributed by atoms with Crippen molar-refractivity contribution in [3.63, 3.8) is 0 Å². The number of anilines is 2. The van der Waals surface area contributed by atoms with Crippen LogP contribution in [-0.2, 0) is 11.8 Å². The lowest BCUT2D eigenvalue weighted by molar-refractivity contribution is -0.141. The smallest absolute Gasteiger partial charge is 0.393 e. The second kappa shape index (κ2) is 7.76. The molecule has 0 aliphatic heterocycles. The summed E-state index contributed by atoms with van der Waals surface area (Å²) in [5, 5.41) is 22.4. The number of nitrogens with one attached hydrogen (secondary N) is 1. The molecule has 152 valence electrons. The summed E-state index contributed by atoms with van der Waals surface area (Å²) in [5.74, 6) is -0.175. The molecule has 0 aliphatic carbocycles. The van der Waals surface area contributed by atoms with E-state index in [0.29, 0.717) is 16.8 Å². The largest absolute Gasteiger partial charge is 0.433 e. The highest BCUT2D eigenvalue weighted by Crippen LogP contribution is 2.30. The zero-order valence-corrected chi connectivity index (χ0v) is 15.7. The van der Waals surface area contributed by atoms with Crippen molar-refractivity contribution >= 4 is 11.6 Å². The summed E-state index contributed by atoms with van der Waals surface area (Å²) in [6.07, 6.45) is -0.465. The number of alkyl halides is 3. The fourth-order valence-corrected chi connectivity index (χ4v) is 2.71. The topological polar surface area (TPSA) is 91.2 Å². The van der Waals surface area contributed by atoms with Crippen LogP contribution in [-0.4, -0.2) is 31.8 Å². The SMILES string of the molecule is Cc1cc(Nc2nccc(C(F)(F)F)n2)cc(-c2cncc(C(C)(O)CO)c2)c1. The van der Waals surface area contributed by atoms with Gasteiger partial charge in [0, 0.05) is 35.4 Å². The maximum absolute atomic E-state index is 12.9. The predicted molar refractivity (Wildman–Crippen MR) is 101 cm³/mol. The zero-order valence-electron chi connectivity index (χ0n) is 15.7. The first kappa shape index (κ1) is 20.7. The Labute approximate surface area is 165 Å². The summed E-state index contributed by atoms with van der Waals surface area (Å²) in [6.45, 7) is 2.84. The molecule has 0 bridgehead atoms. The number of aliphatic hydroxyl groups is 2. The van der Waals surface area contributed by atoms with Crippen LogP contribution in [0.15, 0.2) is 48.9 Å². The third kappa shape index (κ3) is 4.87. The van der Waals surface area contributed by atoms with E-state index in [1.54, 1.807) is 24.4 Å². The summed E-state index contributed by atoms with van der Waals surface area (Å²) in [5.41, 5.74) is 0.700. The van der Waals surface area contributed by atoms with Crippen molar-refractivity contribution in [2.75, 3.05) is 11.9 Å². The Balaban J connectivity index is 1.95. The second-order valence-electron chi connectivity index (χ2n) is 6.87. The number of benzene rings is 1. The molecule has 0 saturated heterocycles. The first-order valence-corrected chi connectivity index (χ1v) is 8.66. The van der Waals surface area contributed by atoms with Crippen LogP contribution < -0.4 is 5.32 Å². The number of rotatable bonds is 5. The average molecular weight is 404 g/mol. The molecule has 2 aromatic heterocycles. The molecule has 0 saturated carbocycles. The number of aryl methyl sites for hydroxylation is 1. The van der Waals surface area contributed by atoms with Crippen molar-refractivity contribution in [1.82, 2.24) is 15.0 Å². The van der Waals surface area contributed by atoms with E-state index in [1.807, 2.05) is 13.0 Å². The minimum atomic E-state index is -4.56. The fraction of sp³-hybridized carbons (Fsp3) is 0.250. The lowest BCUT2D eigenvalue weighted by atomic mass is 9.95. The van der Waals surface area contributed by atoms with E-state index in [-0.39, 0.29) is 5.95 Å². The van der Waals surface area contributed by atoms with Crippen LogP contribution >= 0.6 is 0 Å². The summed E-state index contributed by atoms with van der Waals surface area (Å²) >= 11 is 0. The van der Waals surface area contributed by atoms with E-state index < -0.39 is 24.1 Å². The number of hydrogen-bond acceptors (Lipinski definition) is 6. The predicted octanol–water partition coefficient (Wildman–Crippen LogP) is 3.81. The van der Waals surface area contributed by atoms with E-state index >= 15 is 0 Å². The van der Waals surface area contributed by atoms with Crippen molar-refractivity contribution < 1.29 is 23.4 Å². The molecule has 0 aliphatic rings. The van der Waals surface area contributed by atoms with Crippen LogP contribution in [0.5, 0.6) is 0 Å². The van der Waals surface area contributed by atoms with Gasteiger partial charge in [0.1, 0.15) is 11.3 Å². The van der Waals surface area contributed by atoms with E-state index in [0.717, 1.165) is 23.4 Å². The number of halogens is 3. The number of aromatic nitrogens is 3. The summed E-state index contributed by atoms with van der Waals surface area (Å²) in [7, 11) is 0. The highest BCUT2D eigenvalue weighted by atomic mass is 19.4. The normalized spacial score (nSPS) is 13.8. The molecule has 1 atom stereocenters. The van der Waals surface area contributed by atoms with Gasteiger partial charge >= 0.3 is 6.18 Å². The quantitative estimate of drug-likeness (QED) is 0.599. The molecule has 0 spiro atoms. The number of pyridine rings is 1. The van der Waals surface area contributed by atoms with Crippen molar-refractivity contribution in [3.05, 3.63) is 65.7 Å². The lowest BCUT2D eigenvalue weighted by Crippen LogP contribution is -2.25. The summed E-state index contributed by atoms with van der Waals surface area (Å²) in [4.78, 5) is 11.5. The van der Waals surface area contributed by atoms with Crippen LogP contribution in [0.2, 0.25) is 0 Å². The van der Waals surface area contributed by atoms with Gasteiger partial charge in [0.25, 0.3) is 0 Å². The average Bonchev–Trinajstić information content (AvgIpc) is 2.67. The molecular formula is C20H19F3N4O2. The third-order valence-electron chi connectivity index (χ3n) is 4.28. The first-order valence-electron chi connectivity index (χ1n) is 8.66. The number of aliphatic hydroxyl groups excluding tert-OH is 1. The molecule has 0 fully saturated rings. The summed E-state index contributed by atoms with van der Waals surface area (Å²) in [6, 6.07) is 7.83. The van der Waals surface area contributed by atoms with Crippen molar-refractivity contribution in [2.24, 2.45) is 0 Å². The monoisotopic (exact) mass is 404 g/mol. The van der Waals surface area contributed by atoms with Crippen LogP contribution in [0.3, 0.4) is 0 Å². The van der Waals surface area contributed by atoms with Crippen LogP contribution in [0.1, 0.15) is 23.7 Å². The highest BCUT2D eigenvalue weighted by Gasteiger charge is 2.32. The van der Waals surface area contributed by atoms with Gasteiger partial charge in [-0.1, -0.05) is 6.07 Å². The Bertz CT molecular complexity index is 1020. The number of hydrogen-bond donors (Lipinski definition) is 3. The second-order valence-corrected chi connectivity index (χ2v) is 6.87. The molecule has 1 aromatic carbocycles. The number of nitrogens with zero attached hydrogens (tertiary/aromatic N) is 3. The molecule has 6 nitrogen and oxygen atoms in total. The fourth-order valence-electron chi connectivity index (χ4n) is 2.71. The van der Waals surface area contributed by atoms with Gasteiger partial charge in [0.05, 0.1) is 6.61 Å². The summed E-state index contributed by atoms with van der Waals surface area (Å²) < 4.78 is 38.6. The molecule has 1 unspecified atom stereocenters. The first-order chi connectivity index (χ1) is 13.6. The molecule has 29 heavy (non-hydrogen) atoms. The van der Waals surface area contributed by atoms with Crippen LogP contribution in [0, 0.1) is 6.92 Å². The minimum Gasteiger partial charge on any atom is -0.393 e. The Morgan fingerprint density at radius 2 is 1.83 bits per heavy atom. The van der Waals surface area contributed by atoms with Gasteiger partial charge in [-0.15, -0.1) is 0 Å². The molecule has 0 amide bonds. The minimum absolute atomic E-state index is 0.175. The molecule has 3 aromatic rings. The van der Waals surface area contributed by atoms with E-state index in [1.165, 1.54) is 13.1 Å². The lowest BCUT2D eigenvalue weighted by Gasteiger charge is -2.21. The molecule has 3 rings (SSSR count). The van der Waals surface area contributed by atoms with Crippen molar-refractivity contribution in [1.29, 1.82) is 0 Å². The van der Waals surface area contributed by atoms with Gasteiger partial charge < -0.3 is 15.5 Å². The van der Waals surface area contributed by atoms with Gasteiger partial charge in [-0.3, -0.25) is 4.98 Å². The standard InChI is InChI=1S/C20H19F3N4O2/c1-12-5-13(14-7-15(10-24-9-14)19(2,29)11-28)8-16(6-12)26-18-25-4-3-17(27-18)20(21,22)23/h3-10,28-29H,11H2,1-2H3,(H,25,26,27). The van der Waals surface area contributed by atoms with Crippen LogP contribution in [0.25, 0.3) is 11.1 Å². The van der Waals surface area contributed by atoms with Crippen molar-refractivity contribution in [2.45, 2.75) is 25.6 Å². The maximum Gasteiger partial charge on any atom is 0.433 e. The van der Waals surface area contributed by atoms with Gasteiger partial charge in [-0.05, 0) is 49.2 Å². The van der Waals surface area contributed by atoms with Gasteiger partial charge in [-0.2, -0.15) is 13.2 Å². The van der Waals surface area contributed by atoms with E-state index in [9.17, 15) is 23.4 Å². The Morgan fingerprint density at radius 3 is 2.52 bits per heavy atom. The van der Waals surface area contributed by atoms with Crippen molar-refractivity contribution in [3.8, 4) is 11.1 Å². The van der Waals surface area contributed by atoms with Gasteiger partial charge in [0.2, 0.25) is 5.95 Å². The maximum atomic E-state index is 12.9. The Kier molecular flexibility index (Phi) is 5.54. The molecule has 9 heteroatoms. The molecule has 2 heterocycles. The zero-order chi connectivity index (χ0) is 21.2. The Hall–Kier alpha value is -3.04. The van der Waals surface area contributed by atoms with Crippen LogP contribution in [0.4, 0.5) is 24.8 Å². The van der Waals surface area contributed by atoms with Gasteiger partial charge in [0.15, 0.2) is 0 Å². The third-order valence-corrected chi connectivity index (χ3v) is 4.28.